The van der Waals surface area contributed by atoms with E-state index in [0.717, 1.165) is 0 Å². The van der Waals surface area contributed by atoms with Crippen LogP contribution in [0.1, 0.15) is 40.7 Å². The summed E-state index contributed by atoms with van der Waals surface area (Å²) in [4.78, 5) is 15.9. The van der Waals surface area contributed by atoms with Crippen molar-refractivity contribution in [3.63, 3.8) is 0 Å². The molecule has 0 saturated heterocycles. The molecule has 0 spiro atoms. The average molecular weight is 356 g/mol. The predicted molar refractivity (Wildman–Crippen MR) is 85.8 cm³/mol. The SMILES string of the molecule is CC(C)n1cnc(S(=O)(=O)Nc2nonc2NC(=O)C(C)(C)C)c1. The second-order valence-electron chi connectivity index (χ2n) is 6.52. The minimum absolute atomic E-state index is 0.0665. The lowest BCUT2D eigenvalue weighted by atomic mass is 9.96. The van der Waals surface area contributed by atoms with Crippen LogP contribution in [0.25, 0.3) is 0 Å². The van der Waals surface area contributed by atoms with Gasteiger partial charge in [0.2, 0.25) is 17.5 Å². The van der Waals surface area contributed by atoms with E-state index in [1.54, 1.807) is 25.3 Å². The van der Waals surface area contributed by atoms with Crippen LogP contribution in [0.5, 0.6) is 0 Å². The zero-order valence-electron chi connectivity index (χ0n) is 14.1. The van der Waals surface area contributed by atoms with Gasteiger partial charge >= 0.3 is 0 Å². The maximum atomic E-state index is 12.4. The van der Waals surface area contributed by atoms with Gasteiger partial charge in [0.15, 0.2) is 5.03 Å². The van der Waals surface area contributed by atoms with E-state index < -0.39 is 15.4 Å². The number of carbonyl (C=O) groups is 1. The Labute approximate surface area is 139 Å². The summed E-state index contributed by atoms with van der Waals surface area (Å²) in [5.41, 5.74) is -0.689. The number of hydrogen-bond acceptors (Lipinski definition) is 7. The van der Waals surface area contributed by atoms with Gasteiger partial charge in [-0.3, -0.25) is 9.52 Å². The van der Waals surface area contributed by atoms with Crippen molar-refractivity contribution in [3.05, 3.63) is 12.5 Å². The summed E-state index contributed by atoms with van der Waals surface area (Å²) in [6.07, 6.45) is 2.82. The Bertz CT molecular complexity index is 831. The summed E-state index contributed by atoms with van der Waals surface area (Å²) >= 11 is 0. The van der Waals surface area contributed by atoms with Crippen molar-refractivity contribution < 1.29 is 17.8 Å². The molecular formula is C13H20N6O4S. The fourth-order valence-electron chi connectivity index (χ4n) is 1.55. The van der Waals surface area contributed by atoms with Gasteiger partial charge in [-0.15, -0.1) is 0 Å². The summed E-state index contributed by atoms with van der Waals surface area (Å²) in [6.45, 7) is 8.91. The molecule has 2 rings (SSSR count). The third-order valence-corrected chi connectivity index (χ3v) is 4.31. The van der Waals surface area contributed by atoms with E-state index in [1.165, 1.54) is 12.5 Å². The van der Waals surface area contributed by atoms with E-state index in [4.69, 9.17) is 0 Å². The molecule has 0 aliphatic carbocycles. The number of imidazole rings is 1. The Hall–Kier alpha value is -2.43. The molecule has 2 aromatic heterocycles. The number of hydrogen-bond donors (Lipinski definition) is 2. The van der Waals surface area contributed by atoms with Crippen molar-refractivity contribution in [1.29, 1.82) is 0 Å². The van der Waals surface area contributed by atoms with Gasteiger partial charge in [0.1, 0.15) is 0 Å². The van der Waals surface area contributed by atoms with E-state index in [0.29, 0.717) is 0 Å². The quantitative estimate of drug-likeness (QED) is 0.832. The third-order valence-electron chi connectivity index (χ3n) is 3.08. The number of nitrogens with one attached hydrogen (secondary N) is 2. The summed E-state index contributed by atoms with van der Waals surface area (Å²) in [5.74, 6) is -0.684. The molecule has 0 aliphatic heterocycles. The van der Waals surface area contributed by atoms with Crippen molar-refractivity contribution in [2.75, 3.05) is 10.0 Å². The van der Waals surface area contributed by atoms with Gasteiger partial charge in [-0.1, -0.05) is 20.8 Å². The van der Waals surface area contributed by atoms with Gasteiger partial charge in [0, 0.05) is 17.7 Å². The highest BCUT2D eigenvalue weighted by atomic mass is 32.2. The number of amides is 1. The molecule has 2 N–H and O–H groups in total. The Balaban J connectivity index is 2.22. The molecule has 10 nitrogen and oxygen atoms in total. The van der Waals surface area contributed by atoms with Crippen molar-refractivity contribution in [3.8, 4) is 0 Å². The molecule has 132 valence electrons. The number of carbonyl (C=O) groups excluding carboxylic acids is 1. The normalized spacial score (nSPS) is 12.4. The second kappa shape index (κ2) is 6.23. The third kappa shape index (κ3) is 3.91. The summed E-state index contributed by atoms with van der Waals surface area (Å²) in [6, 6.07) is 0.0665. The second-order valence-corrected chi connectivity index (χ2v) is 8.15. The monoisotopic (exact) mass is 356 g/mol. The van der Waals surface area contributed by atoms with E-state index >= 15 is 0 Å². The van der Waals surface area contributed by atoms with Crippen molar-refractivity contribution in [1.82, 2.24) is 19.9 Å². The van der Waals surface area contributed by atoms with E-state index in [2.05, 4.69) is 30.0 Å². The highest BCUT2D eigenvalue weighted by Gasteiger charge is 2.27. The van der Waals surface area contributed by atoms with E-state index in [-0.39, 0.29) is 28.6 Å². The molecule has 0 radical (unpaired) electrons. The van der Waals surface area contributed by atoms with Crippen LogP contribution in [0.2, 0.25) is 0 Å². The molecule has 0 unspecified atom stereocenters. The fourth-order valence-corrected chi connectivity index (χ4v) is 2.49. The minimum atomic E-state index is -3.99. The predicted octanol–water partition coefficient (Wildman–Crippen LogP) is 1.63. The van der Waals surface area contributed by atoms with E-state index in [1.807, 2.05) is 13.8 Å². The smallest absolute Gasteiger partial charge is 0.282 e. The molecule has 24 heavy (non-hydrogen) atoms. The van der Waals surface area contributed by atoms with Gasteiger partial charge in [0.25, 0.3) is 10.0 Å². The molecule has 0 bridgehead atoms. The largest absolute Gasteiger partial charge is 0.334 e. The van der Waals surface area contributed by atoms with Gasteiger partial charge in [0.05, 0.1) is 6.33 Å². The first-order valence-electron chi connectivity index (χ1n) is 7.21. The zero-order valence-corrected chi connectivity index (χ0v) is 14.9. The minimum Gasteiger partial charge on any atom is -0.334 e. The highest BCUT2D eigenvalue weighted by molar-refractivity contribution is 7.92. The molecule has 0 atom stereocenters. The molecule has 0 aromatic carbocycles. The van der Waals surface area contributed by atoms with Crippen LogP contribution in [-0.2, 0) is 14.8 Å². The average Bonchev–Trinajstić information content (AvgIpc) is 3.07. The standard InChI is InChI=1S/C13H20N6O4S/c1-8(2)19-6-9(14-7-19)24(21,22)18-11-10(16-23-17-11)15-12(20)13(3,4)5/h6-8H,1-5H3,(H,17,18)(H,15,16,20). The topological polar surface area (TPSA) is 132 Å². The summed E-state index contributed by atoms with van der Waals surface area (Å²) in [7, 11) is -3.99. The van der Waals surface area contributed by atoms with Crippen LogP contribution in [0, 0.1) is 5.41 Å². The molecule has 1 amide bonds. The number of rotatable bonds is 5. The van der Waals surface area contributed by atoms with Crippen LogP contribution in [0.15, 0.2) is 22.2 Å². The number of aromatic nitrogens is 4. The Morgan fingerprint density at radius 1 is 1.25 bits per heavy atom. The van der Waals surface area contributed by atoms with Gasteiger partial charge in [-0.2, -0.15) is 8.42 Å². The van der Waals surface area contributed by atoms with E-state index in [9.17, 15) is 13.2 Å². The molecule has 0 aliphatic rings. The number of sulfonamides is 1. The lowest BCUT2D eigenvalue weighted by Gasteiger charge is -2.16. The molecule has 0 saturated carbocycles. The summed E-state index contributed by atoms with van der Waals surface area (Å²) < 4.78 is 33.1. The molecule has 11 heteroatoms. The highest BCUT2D eigenvalue weighted by Crippen LogP contribution is 2.23. The maximum absolute atomic E-state index is 12.4. The maximum Gasteiger partial charge on any atom is 0.282 e. The van der Waals surface area contributed by atoms with Crippen LogP contribution in [0.4, 0.5) is 11.6 Å². The number of nitrogens with zero attached hydrogens (tertiary/aromatic N) is 4. The Morgan fingerprint density at radius 3 is 2.42 bits per heavy atom. The fraction of sp³-hybridized carbons (Fsp3) is 0.538. The van der Waals surface area contributed by atoms with Crippen molar-refractivity contribution >= 4 is 27.6 Å². The first-order valence-corrected chi connectivity index (χ1v) is 8.69. The zero-order chi connectivity index (χ0) is 18.1. The first-order chi connectivity index (χ1) is 11.0. The van der Waals surface area contributed by atoms with Crippen LogP contribution in [0.3, 0.4) is 0 Å². The lowest BCUT2D eigenvalue weighted by Crippen LogP contribution is -2.28. The molecule has 2 aromatic rings. The van der Waals surface area contributed by atoms with Gasteiger partial charge in [-0.25, -0.2) is 9.61 Å². The summed E-state index contributed by atoms with van der Waals surface area (Å²) in [5, 5.41) is 9.28. The molecule has 2 heterocycles. The lowest BCUT2D eigenvalue weighted by molar-refractivity contribution is -0.123. The Kier molecular flexibility index (Phi) is 4.65. The van der Waals surface area contributed by atoms with Crippen LogP contribution in [-0.4, -0.2) is 34.2 Å². The van der Waals surface area contributed by atoms with Gasteiger partial charge in [-0.05, 0) is 24.2 Å². The number of anilines is 2. The first kappa shape index (κ1) is 17.9. The van der Waals surface area contributed by atoms with Crippen LogP contribution >= 0.6 is 0 Å². The molecule has 0 fully saturated rings. The molecular weight excluding hydrogens is 336 g/mol. The van der Waals surface area contributed by atoms with Crippen molar-refractivity contribution in [2.24, 2.45) is 5.41 Å². The van der Waals surface area contributed by atoms with Gasteiger partial charge < -0.3 is 9.88 Å². The van der Waals surface area contributed by atoms with Crippen LogP contribution < -0.4 is 10.0 Å². The Morgan fingerprint density at radius 2 is 1.88 bits per heavy atom. The van der Waals surface area contributed by atoms with Crippen molar-refractivity contribution in [2.45, 2.75) is 45.7 Å².